The average molecular weight is 651 g/mol. The Morgan fingerprint density at radius 2 is 1.75 bits per heavy atom. The lowest BCUT2D eigenvalue weighted by Gasteiger charge is -2.28. The lowest BCUT2D eigenvalue weighted by molar-refractivity contribution is 0.296. The molecule has 1 N–H and O–H groups in total. The van der Waals surface area contributed by atoms with Crippen molar-refractivity contribution in [2.75, 3.05) is 51.8 Å². The van der Waals surface area contributed by atoms with Gasteiger partial charge in [0.2, 0.25) is 0 Å². The van der Waals surface area contributed by atoms with Gasteiger partial charge < -0.3 is 29.2 Å². The van der Waals surface area contributed by atoms with Gasteiger partial charge in [0.25, 0.3) is 0 Å². The molecule has 0 radical (unpaired) electrons. The zero-order chi connectivity index (χ0) is 31.7. The maximum atomic E-state index is 15.0. The summed E-state index contributed by atoms with van der Waals surface area (Å²) in [5.41, 5.74) is 1.20. The number of anilines is 1. The van der Waals surface area contributed by atoms with Crippen LogP contribution in [0.15, 0.2) is 65.7 Å². The molecule has 1 saturated heterocycles. The maximum absolute atomic E-state index is 15.0. The minimum absolute atomic E-state index is 0.0428. The molecule has 0 saturated carbocycles. The number of nitrogens with one attached hydrogen (secondary N) is 1. The Bertz CT molecular complexity index is 1400. The number of benzene rings is 3. The van der Waals surface area contributed by atoms with Gasteiger partial charge in [-0.3, -0.25) is 0 Å². The molecule has 6 nitrogen and oxygen atoms in total. The van der Waals surface area contributed by atoms with Crippen molar-refractivity contribution >= 4 is 29.1 Å². The van der Waals surface area contributed by atoms with Gasteiger partial charge in [0.05, 0.1) is 39.0 Å². The molecule has 2 unspecified atom stereocenters. The Kier molecular flexibility index (Phi) is 12.0. The summed E-state index contributed by atoms with van der Waals surface area (Å²) in [4.78, 5) is 2.02. The Hall–Kier alpha value is -3.21. The molecule has 0 bridgehead atoms. The molecule has 3 aromatic rings. The van der Waals surface area contributed by atoms with Gasteiger partial charge in [-0.2, -0.15) is 0 Å². The fourth-order valence-corrected chi connectivity index (χ4v) is 5.65. The van der Waals surface area contributed by atoms with Crippen LogP contribution in [-0.4, -0.2) is 52.6 Å². The third kappa shape index (κ3) is 8.70. The predicted octanol–water partition coefficient (Wildman–Crippen LogP) is 7.85. The van der Waals surface area contributed by atoms with Crippen LogP contribution in [0.3, 0.4) is 0 Å². The van der Waals surface area contributed by atoms with Crippen molar-refractivity contribution in [3.63, 3.8) is 0 Å². The molecule has 3 aromatic carbocycles. The SMILES string of the molecule is COc1ccc(N(C)C2(CN/C(=C\CC(C)c3ccc(F)cc3)SCc3c(F)cc(OCCCCl)cc3F)CO2)cc1OC. The zero-order valence-corrected chi connectivity index (χ0v) is 26.9. The normalized spacial score (nSPS) is 16.8. The van der Waals surface area contributed by atoms with E-state index in [-0.39, 0.29) is 35.4 Å². The molecule has 11 heteroatoms. The van der Waals surface area contributed by atoms with Crippen LogP contribution >= 0.6 is 23.4 Å². The summed E-state index contributed by atoms with van der Waals surface area (Å²) in [5, 5.41) is 4.20. The number of hydrogen-bond acceptors (Lipinski definition) is 7. The van der Waals surface area contributed by atoms with E-state index in [1.807, 2.05) is 43.1 Å². The molecule has 0 spiro atoms. The third-order valence-electron chi connectivity index (χ3n) is 7.51. The van der Waals surface area contributed by atoms with Crippen molar-refractivity contribution in [1.29, 1.82) is 0 Å². The van der Waals surface area contributed by atoms with Crippen molar-refractivity contribution in [3.8, 4) is 17.2 Å². The second-order valence-electron chi connectivity index (χ2n) is 10.5. The number of alkyl halides is 1. The molecule has 4 rings (SSSR count). The van der Waals surface area contributed by atoms with E-state index in [9.17, 15) is 13.2 Å². The molecule has 44 heavy (non-hydrogen) atoms. The fraction of sp³-hybridized carbons (Fsp3) is 0.394. The molecular formula is C33H38ClF3N2O4S. The summed E-state index contributed by atoms with van der Waals surface area (Å²) in [6, 6.07) is 14.5. The molecular weight excluding hydrogens is 613 g/mol. The van der Waals surface area contributed by atoms with E-state index in [1.165, 1.54) is 36.0 Å². The summed E-state index contributed by atoms with van der Waals surface area (Å²) in [7, 11) is 5.11. The lowest BCUT2D eigenvalue weighted by atomic mass is 9.98. The van der Waals surface area contributed by atoms with Gasteiger partial charge in [0.1, 0.15) is 23.2 Å². The smallest absolute Gasteiger partial charge is 0.182 e. The summed E-state index contributed by atoms with van der Waals surface area (Å²) in [5.74, 6) is 0.271. The van der Waals surface area contributed by atoms with Crippen LogP contribution in [0.5, 0.6) is 17.2 Å². The van der Waals surface area contributed by atoms with Gasteiger partial charge in [0, 0.05) is 48.1 Å². The van der Waals surface area contributed by atoms with Gasteiger partial charge in [-0.15, -0.1) is 23.4 Å². The van der Waals surface area contributed by atoms with Crippen molar-refractivity contribution in [3.05, 3.63) is 94.3 Å². The highest BCUT2D eigenvalue weighted by molar-refractivity contribution is 8.02. The highest BCUT2D eigenvalue weighted by Crippen LogP contribution is 2.39. The Labute approximate surface area is 266 Å². The molecule has 1 heterocycles. The number of allylic oxidation sites excluding steroid dienone is 1. The van der Waals surface area contributed by atoms with Gasteiger partial charge >= 0.3 is 0 Å². The van der Waals surface area contributed by atoms with Crippen LogP contribution in [0.1, 0.15) is 36.8 Å². The molecule has 1 aliphatic heterocycles. The van der Waals surface area contributed by atoms with E-state index in [2.05, 4.69) is 5.32 Å². The maximum Gasteiger partial charge on any atom is 0.182 e. The van der Waals surface area contributed by atoms with Gasteiger partial charge in [0.15, 0.2) is 17.2 Å². The van der Waals surface area contributed by atoms with Crippen LogP contribution in [0, 0.1) is 17.5 Å². The van der Waals surface area contributed by atoms with E-state index in [1.54, 1.807) is 26.4 Å². The van der Waals surface area contributed by atoms with Crippen LogP contribution in [0.25, 0.3) is 0 Å². The second kappa shape index (κ2) is 15.7. The Morgan fingerprint density at radius 3 is 2.36 bits per heavy atom. The van der Waals surface area contributed by atoms with E-state index in [0.29, 0.717) is 43.4 Å². The number of rotatable bonds is 17. The van der Waals surface area contributed by atoms with Crippen molar-refractivity contribution in [2.45, 2.75) is 37.2 Å². The monoisotopic (exact) mass is 650 g/mol. The summed E-state index contributed by atoms with van der Waals surface area (Å²) in [6.45, 7) is 3.23. The van der Waals surface area contributed by atoms with E-state index in [0.717, 1.165) is 16.3 Å². The number of halogens is 4. The minimum Gasteiger partial charge on any atom is -0.493 e. The number of ether oxygens (including phenoxy) is 4. The molecule has 0 amide bonds. The quantitative estimate of drug-likeness (QED) is 0.0907. The number of thioether (sulfide) groups is 1. The first-order valence-electron chi connectivity index (χ1n) is 14.3. The predicted molar refractivity (Wildman–Crippen MR) is 171 cm³/mol. The first-order chi connectivity index (χ1) is 21.2. The Balaban J connectivity index is 1.49. The van der Waals surface area contributed by atoms with Crippen molar-refractivity contribution < 1.29 is 32.1 Å². The van der Waals surface area contributed by atoms with Crippen LogP contribution in [0.4, 0.5) is 18.9 Å². The topological polar surface area (TPSA) is 55.5 Å². The number of epoxide rings is 1. The average Bonchev–Trinajstić information content (AvgIpc) is 3.82. The highest BCUT2D eigenvalue weighted by atomic mass is 35.5. The van der Waals surface area contributed by atoms with E-state index < -0.39 is 17.4 Å². The number of methoxy groups -OCH3 is 2. The Morgan fingerprint density at radius 1 is 1.07 bits per heavy atom. The molecule has 1 aliphatic rings. The third-order valence-corrected chi connectivity index (χ3v) is 8.83. The second-order valence-corrected chi connectivity index (χ2v) is 11.9. The number of likely N-dealkylation sites (N-methyl/N-ethyl adjacent to an activating group) is 1. The van der Waals surface area contributed by atoms with E-state index >= 15 is 0 Å². The van der Waals surface area contributed by atoms with Crippen molar-refractivity contribution in [1.82, 2.24) is 5.32 Å². The summed E-state index contributed by atoms with van der Waals surface area (Å²) >= 11 is 6.96. The number of hydrogen-bond donors (Lipinski definition) is 1. The zero-order valence-electron chi connectivity index (χ0n) is 25.3. The molecule has 1 fully saturated rings. The molecule has 238 valence electrons. The minimum atomic E-state index is -0.674. The first kappa shape index (κ1) is 33.7. The molecule has 0 aromatic heterocycles. The van der Waals surface area contributed by atoms with Gasteiger partial charge in [-0.25, -0.2) is 13.2 Å². The van der Waals surface area contributed by atoms with Crippen LogP contribution < -0.4 is 24.4 Å². The number of nitrogens with zero attached hydrogens (tertiary/aromatic N) is 1. The molecule has 0 aliphatic carbocycles. The van der Waals surface area contributed by atoms with Crippen molar-refractivity contribution in [2.24, 2.45) is 0 Å². The fourth-order valence-electron chi connectivity index (χ4n) is 4.58. The summed E-state index contributed by atoms with van der Waals surface area (Å²) in [6.07, 6.45) is 3.20. The summed E-state index contributed by atoms with van der Waals surface area (Å²) < 4.78 is 65.5. The first-order valence-corrected chi connectivity index (χ1v) is 15.8. The standard InChI is InChI=1S/C33H38ClF3N2O4S/c1-22(23-7-9-24(35)10-8-23)6-13-32(44-19-27-28(36)17-26(18-29(27)37)42-15-5-14-34)38-20-33(21-43-33)39(2)25-11-12-30(40-3)31(16-25)41-4/h7-13,16-18,22,38H,5-6,14-15,19-21H2,1-4H3/b32-13+. The van der Waals surface area contributed by atoms with Crippen LogP contribution in [0.2, 0.25) is 0 Å². The van der Waals surface area contributed by atoms with Crippen LogP contribution in [-0.2, 0) is 10.5 Å². The highest BCUT2D eigenvalue weighted by Gasteiger charge is 2.49. The van der Waals surface area contributed by atoms with Gasteiger partial charge in [-0.1, -0.05) is 25.1 Å². The largest absolute Gasteiger partial charge is 0.493 e. The lowest BCUT2D eigenvalue weighted by Crippen LogP contribution is -2.43. The van der Waals surface area contributed by atoms with Gasteiger partial charge in [-0.05, 0) is 48.6 Å². The molecule has 2 atom stereocenters. The van der Waals surface area contributed by atoms with E-state index in [4.69, 9.17) is 30.5 Å².